The van der Waals surface area contributed by atoms with Gasteiger partial charge in [0.05, 0.1) is 6.04 Å². The molecule has 5 heteroatoms. The van der Waals surface area contributed by atoms with Crippen LogP contribution in [0.3, 0.4) is 0 Å². The second kappa shape index (κ2) is 9.90. The second-order valence-electron chi connectivity index (χ2n) is 7.53. The molecule has 3 aromatic rings. The van der Waals surface area contributed by atoms with Gasteiger partial charge in [0.25, 0.3) is 0 Å². The van der Waals surface area contributed by atoms with Crippen molar-refractivity contribution >= 4 is 23.6 Å². The van der Waals surface area contributed by atoms with Gasteiger partial charge < -0.3 is 5.32 Å². The lowest BCUT2D eigenvalue weighted by molar-refractivity contribution is -0.112. The number of piperazine rings is 1. The fraction of sp³-hybridized carbons (Fsp3) is 0.240. The zero-order valence-electron chi connectivity index (χ0n) is 16.8. The van der Waals surface area contributed by atoms with E-state index in [1.54, 1.807) is 0 Å². The number of carbonyl (C=O) groups is 1. The van der Waals surface area contributed by atoms with Crippen molar-refractivity contribution in [1.29, 1.82) is 0 Å². The summed E-state index contributed by atoms with van der Waals surface area (Å²) in [5, 5.41) is 3.96. The summed E-state index contributed by atoms with van der Waals surface area (Å²) in [5.41, 5.74) is 3.44. The van der Waals surface area contributed by atoms with Gasteiger partial charge in [0.1, 0.15) is 6.17 Å². The van der Waals surface area contributed by atoms with Crippen molar-refractivity contribution in [2.75, 3.05) is 31.5 Å². The molecule has 30 heavy (non-hydrogen) atoms. The molecule has 1 aliphatic heterocycles. The maximum Gasteiger partial charge on any atom is 0.157 e. The highest BCUT2D eigenvalue weighted by molar-refractivity contribution is 6.30. The molecule has 154 valence electrons. The Morgan fingerprint density at radius 2 is 1.33 bits per heavy atom. The first kappa shape index (κ1) is 20.6. The normalized spacial score (nSPS) is 16.3. The van der Waals surface area contributed by atoms with Gasteiger partial charge >= 0.3 is 0 Å². The third-order valence-corrected chi connectivity index (χ3v) is 5.84. The molecular formula is C25H26ClN3O. The van der Waals surface area contributed by atoms with Gasteiger partial charge in [-0.15, -0.1) is 0 Å². The SMILES string of the molecule is O=CC(Nc1cccc(Cl)c1)N1CCN(C(c2ccccc2)c2ccccc2)CC1. The molecule has 4 nitrogen and oxygen atoms in total. The van der Waals surface area contributed by atoms with Gasteiger partial charge in [-0.3, -0.25) is 14.6 Å². The molecule has 4 rings (SSSR count). The van der Waals surface area contributed by atoms with Gasteiger partial charge in [-0.2, -0.15) is 0 Å². The van der Waals surface area contributed by atoms with Gasteiger partial charge in [0.2, 0.25) is 0 Å². The first-order chi connectivity index (χ1) is 14.7. The maximum atomic E-state index is 11.8. The zero-order chi connectivity index (χ0) is 20.8. The minimum atomic E-state index is -0.363. The number of hydrogen-bond acceptors (Lipinski definition) is 4. The van der Waals surface area contributed by atoms with Crippen LogP contribution >= 0.6 is 11.6 Å². The Bertz CT molecular complexity index is 903. The molecule has 0 radical (unpaired) electrons. The third kappa shape index (κ3) is 4.90. The number of aldehydes is 1. The molecule has 0 bridgehead atoms. The highest BCUT2D eigenvalue weighted by atomic mass is 35.5. The standard InChI is InChI=1S/C25H26ClN3O/c26-22-12-7-13-23(18-22)27-24(19-30)28-14-16-29(17-15-28)25(20-8-3-1-4-9-20)21-10-5-2-6-11-21/h1-13,18-19,24-25,27H,14-17H2. The molecule has 0 spiro atoms. The van der Waals surface area contributed by atoms with E-state index in [2.05, 4.69) is 75.8 Å². The Morgan fingerprint density at radius 1 is 0.767 bits per heavy atom. The van der Waals surface area contributed by atoms with Crippen LogP contribution in [-0.2, 0) is 4.79 Å². The predicted molar refractivity (Wildman–Crippen MR) is 123 cm³/mol. The van der Waals surface area contributed by atoms with E-state index in [4.69, 9.17) is 11.6 Å². The summed E-state index contributed by atoms with van der Waals surface area (Å²) in [6, 6.07) is 29.0. The van der Waals surface area contributed by atoms with Crippen LogP contribution in [0.2, 0.25) is 5.02 Å². The van der Waals surface area contributed by atoms with E-state index in [1.807, 2.05) is 24.3 Å². The summed E-state index contributed by atoms with van der Waals surface area (Å²) in [6.07, 6.45) is 0.611. The smallest absolute Gasteiger partial charge is 0.157 e. The topological polar surface area (TPSA) is 35.6 Å². The average molecular weight is 420 g/mol. The molecule has 1 atom stereocenters. The van der Waals surface area contributed by atoms with E-state index in [9.17, 15) is 4.79 Å². The lowest BCUT2D eigenvalue weighted by atomic mass is 9.96. The molecule has 3 aromatic carbocycles. The van der Waals surface area contributed by atoms with Gasteiger partial charge in [0.15, 0.2) is 6.29 Å². The van der Waals surface area contributed by atoms with Crippen LogP contribution in [-0.4, -0.2) is 48.4 Å². The molecule has 1 heterocycles. The Kier molecular flexibility index (Phi) is 6.80. The van der Waals surface area contributed by atoms with Crippen molar-refractivity contribution in [2.45, 2.75) is 12.2 Å². The molecule has 1 N–H and O–H groups in total. The van der Waals surface area contributed by atoms with Crippen LogP contribution in [0, 0.1) is 0 Å². The number of benzene rings is 3. The lowest BCUT2D eigenvalue weighted by Crippen LogP contribution is -2.53. The van der Waals surface area contributed by atoms with Crippen LogP contribution in [0.1, 0.15) is 17.2 Å². The Labute approximate surface area is 183 Å². The number of carbonyl (C=O) groups excluding carboxylic acids is 1. The van der Waals surface area contributed by atoms with Gasteiger partial charge in [-0.05, 0) is 29.3 Å². The fourth-order valence-electron chi connectivity index (χ4n) is 4.12. The Balaban J connectivity index is 1.47. The van der Waals surface area contributed by atoms with E-state index in [0.29, 0.717) is 5.02 Å². The molecule has 0 amide bonds. The minimum Gasteiger partial charge on any atom is -0.364 e. The van der Waals surface area contributed by atoms with Crippen LogP contribution in [0.5, 0.6) is 0 Å². The highest BCUT2D eigenvalue weighted by Crippen LogP contribution is 2.29. The molecule has 1 unspecified atom stereocenters. The summed E-state index contributed by atoms with van der Waals surface area (Å²) >= 11 is 6.08. The largest absolute Gasteiger partial charge is 0.364 e. The van der Waals surface area contributed by atoms with Crippen molar-refractivity contribution in [3.05, 3.63) is 101 Å². The summed E-state index contributed by atoms with van der Waals surface area (Å²) in [6.45, 7) is 3.40. The van der Waals surface area contributed by atoms with Crippen molar-refractivity contribution < 1.29 is 4.79 Å². The molecule has 0 aliphatic carbocycles. The molecule has 1 saturated heterocycles. The average Bonchev–Trinajstić information content (AvgIpc) is 2.80. The summed E-state index contributed by atoms with van der Waals surface area (Å²) in [7, 11) is 0. The first-order valence-electron chi connectivity index (χ1n) is 10.3. The Hall–Kier alpha value is -2.66. The molecular weight excluding hydrogens is 394 g/mol. The van der Waals surface area contributed by atoms with Crippen LogP contribution < -0.4 is 5.32 Å². The zero-order valence-corrected chi connectivity index (χ0v) is 17.6. The second-order valence-corrected chi connectivity index (χ2v) is 7.97. The van der Waals surface area contributed by atoms with E-state index >= 15 is 0 Å². The molecule has 1 aliphatic rings. The number of halogens is 1. The van der Waals surface area contributed by atoms with Gasteiger partial charge in [-0.1, -0.05) is 78.3 Å². The minimum absolute atomic E-state index is 0.213. The summed E-state index contributed by atoms with van der Waals surface area (Å²) < 4.78 is 0. The van der Waals surface area contributed by atoms with Crippen molar-refractivity contribution in [2.24, 2.45) is 0 Å². The van der Waals surface area contributed by atoms with Crippen molar-refractivity contribution in [3.8, 4) is 0 Å². The quantitative estimate of drug-likeness (QED) is 0.564. The third-order valence-electron chi connectivity index (χ3n) is 5.61. The highest BCUT2D eigenvalue weighted by Gasteiger charge is 2.29. The van der Waals surface area contributed by atoms with Crippen LogP contribution in [0.25, 0.3) is 0 Å². The summed E-state index contributed by atoms with van der Waals surface area (Å²) in [4.78, 5) is 16.5. The molecule has 0 saturated carbocycles. The van der Waals surface area contributed by atoms with E-state index in [1.165, 1.54) is 11.1 Å². The first-order valence-corrected chi connectivity index (χ1v) is 10.7. The van der Waals surface area contributed by atoms with Gasteiger partial charge in [-0.25, -0.2) is 0 Å². The van der Waals surface area contributed by atoms with Crippen LogP contribution in [0.15, 0.2) is 84.9 Å². The van der Waals surface area contributed by atoms with Gasteiger partial charge in [0, 0.05) is 36.9 Å². The van der Waals surface area contributed by atoms with Crippen molar-refractivity contribution in [1.82, 2.24) is 9.80 Å². The predicted octanol–water partition coefficient (Wildman–Crippen LogP) is 4.68. The number of hydrogen-bond donors (Lipinski definition) is 1. The van der Waals surface area contributed by atoms with Crippen LogP contribution in [0.4, 0.5) is 5.69 Å². The Morgan fingerprint density at radius 3 is 1.87 bits per heavy atom. The molecule has 1 fully saturated rings. The monoisotopic (exact) mass is 419 g/mol. The maximum absolute atomic E-state index is 11.8. The fourth-order valence-corrected chi connectivity index (χ4v) is 4.31. The van der Waals surface area contributed by atoms with Crippen molar-refractivity contribution in [3.63, 3.8) is 0 Å². The van der Waals surface area contributed by atoms with E-state index in [-0.39, 0.29) is 12.2 Å². The summed E-state index contributed by atoms with van der Waals surface area (Å²) in [5.74, 6) is 0. The van der Waals surface area contributed by atoms with E-state index in [0.717, 1.165) is 38.2 Å². The number of rotatable bonds is 7. The number of anilines is 1. The van der Waals surface area contributed by atoms with E-state index < -0.39 is 0 Å². The number of nitrogens with zero attached hydrogens (tertiary/aromatic N) is 2. The number of nitrogens with one attached hydrogen (secondary N) is 1. The lowest BCUT2D eigenvalue weighted by Gasteiger charge is -2.41. The molecule has 0 aromatic heterocycles.